The monoisotopic (exact) mass is 473 g/mol. The maximum absolute atomic E-state index is 11.7. The summed E-state index contributed by atoms with van der Waals surface area (Å²) in [5.74, 6) is -1.00. The number of carbonyl (C=O) groups is 1. The molecule has 0 bridgehead atoms. The number of carboxylic acids is 1. The second-order valence-corrected chi connectivity index (χ2v) is 7.99. The van der Waals surface area contributed by atoms with Gasteiger partial charge in [-0.1, -0.05) is 48.0 Å². The minimum absolute atomic E-state index is 0.179. The molecule has 8 heteroatoms. The van der Waals surface area contributed by atoms with E-state index in [0.29, 0.717) is 21.5 Å². The molecule has 2 heterocycles. The van der Waals surface area contributed by atoms with Crippen LogP contribution < -0.4 is 4.72 Å². The van der Waals surface area contributed by atoms with E-state index in [1.165, 1.54) is 11.9 Å². The third kappa shape index (κ3) is 3.73. The zero-order valence-corrected chi connectivity index (χ0v) is 17.4. The quantitative estimate of drug-likeness (QED) is 0.335. The van der Waals surface area contributed by atoms with Crippen molar-refractivity contribution in [3.05, 3.63) is 82.0 Å². The number of benzene rings is 2. The highest BCUT2D eigenvalue weighted by atomic mass is 79.9. The largest absolute Gasteiger partial charge is 0.478 e. The lowest BCUT2D eigenvalue weighted by Gasteiger charge is -2.11. The van der Waals surface area contributed by atoms with Crippen LogP contribution in [0, 0.1) is 0 Å². The topological polar surface area (TPSA) is 66.6 Å². The molecule has 0 atom stereocenters. The summed E-state index contributed by atoms with van der Waals surface area (Å²) in [6.07, 6.45) is 1.86. The maximum atomic E-state index is 11.7. The number of nitrogens with zero attached hydrogens (tertiary/aromatic N) is 2. The number of hydrogen-bond donors (Lipinski definition) is 2. The summed E-state index contributed by atoms with van der Waals surface area (Å²) in [4.78, 5) is 16.0. The van der Waals surface area contributed by atoms with Crippen molar-refractivity contribution in [2.45, 2.75) is 5.03 Å². The van der Waals surface area contributed by atoms with Gasteiger partial charge in [0.15, 0.2) is 5.15 Å². The van der Waals surface area contributed by atoms with E-state index in [9.17, 15) is 9.90 Å². The van der Waals surface area contributed by atoms with Crippen molar-refractivity contribution in [2.75, 3.05) is 4.72 Å². The van der Waals surface area contributed by atoms with Crippen LogP contribution in [0.4, 0.5) is 5.69 Å². The molecule has 140 valence electrons. The fourth-order valence-electron chi connectivity index (χ4n) is 2.79. The van der Waals surface area contributed by atoms with Crippen molar-refractivity contribution >= 4 is 56.8 Å². The Morgan fingerprint density at radius 2 is 1.89 bits per heavy atom. The van der Waals surface area contributed by atoms with E-state index in [2.05, 4.69) is 25.6 Å². The molecule has 2 aromatic heterocycles. The lowest BCUT2D eigenvalue weighted by Crippen LogP contribution is -2.02. The fraction of sp³-hybridized carbons (Fsp3) is 0. The van der Waals surface area contributed by atoms with E-state index >= 15 is 0 Å². The van der Waals surface area contributed by atoms with Crippen molar-refractivity contribution in [1.29, 1.82) is 0 Å². The number of aromatic carboxylic acids is 1. The second-order valence-electron chi connectivity index (χ2n) is 5.92. The molecule has 0 radical (unpaired) electrons. The van der Waals surface area contributed by atoms with Crippen LogP contribution in [0.3, 0.4) is 0 Å². The molecule has 0 amide bonds. The molecule has 0 saturated heterocycles. The number of fused-ring (bicyclic) bond motifs is 1. The minimum atomic E-state index is -1.00. The number of imidazole rings is 1. The molecule has 0 spiro atoms. The van der Waals surface area contributed by atoms with Crippen molar-refractivity contribution in [2.24, 2.45) is 0 Å². The van der Waals surface area contributed by atoms with E-state index in [1.807, 2.05) is 59.1 Å². The average Bonchev–Trinajstić information content (AvgIpc) is 3.01. The van der Waals surface area contributed by atoms with Gasteiger partial charge in [0.1, 0.15) is 10.7 Å². The van der Waals surface area contributed by atoms with Gasteiger partial charge in [-0.15, -0.1) is 0 Å². The van der Waals surface area contributed by atoms with E-state index < -0.39 is 5.97 Å². The zero-order valence-electron chi connectivity index (χ0n) is 14.3. The minimum Gasteiger partial charge on any atom is -0.478 e. The van der Waals surface area contributed by atoms with Crippen molar-refractivity contribution in [3.63, 3.8) is 0 Å². The Labute approximate surface area is 178 Å². The van der Waals surface area contributed by atoms with Gasteiger partial charge in [0, 0.05) is 22.6 Å². The van der Waals surface area contributed by atoms with Crippen LogP contribution in [-0.2, 0) is 0 Å². The first-order valence-corrected chi connectivity index (χ1v) is 10.2. The van der Waals surface area contributed by atoms with Crippen molar-refractivity contribution in [1.82, 2.24) is 9.38 Å². The highest BCUT2D eigenvalue weighted by Crippen LogP contribution is 2.33. The van der Waals surface area contributed by atoms with Gasteiger partial charge < -0.3 is 9.83 Å². The van der Waals surface area contributed by atoms with Crippen LogP contribution in [0.2, 0.25) is 5.15 Å². The van der Waals surface area contributed by atoms with E-state index in [-0.39, 0.29) is 5.56 Å². The Morgan fingerprint density at radius 1 is 1.11 bits per heavy atom. The van der Waals surface area contributed by atoms with Gasteiger partial charge in [-0.3, -0.25) is 4.40 Å². The molecule has 2 N–H and O–H groups in total. The van der Waals surface area contributed by atoms with Gasteiger partial charge in [-0.25, -0.2) is 9.78 Å². The molecule has 0 unspecified atom stereocenters. The number of nitrogens with one attached hydrogen (secondary N) is 1. The van der Waals surface area contributed by atoms with Crippen LogP contribution in [0.5, 0.6) is 0 Å². The van der Waals surface area contributed by atoms with Crippen LogP contribution in [0.15, 0.2) is 76.4 Å². The molecule has 0 aliphatic rings. The molecule has 28 heavy (non-hydrogen) atoms. The van der Waals surface area contributed by atoms with Crippen molar-refractivity contribution in [3.8, 4) is 11.1 Å². The molecule has 0 saturated carbocycles. The van der Waals surface area contributed by atoms with Crippen LogP contribution in [-0.4, -0.2) is 20.5 Å². The van der Waals surface area contributed by atoms with E-state index in [0.717, 1.165) is 15.6 Å². The highest BCUT2D eigenvalue weighted by molar-refractivity contribution is 9.10. The number of anilines is 1. The summed E-state index contributed by atoms with van der Waals surface area (Å²) in [6, 6.07) is 18.7. The number of aromatic nitrogens is 2. The average molecular weight is 475 g/mol. The first-order chi connectivity index (χ1) is 13.5. The number of carboxylic acid groups (broad SMARTS) is 1. The Morgan fingerprint density at radius 3 is 2.64 bits per heavy atom. The van der Waals surface area contributed by atoms with Crippen LogP contribution in [0.1, 0.15) is 10.4 Å². The van der Waals surface area contributed by atoms with Gasteiger partial charge in [0.2, 0.25) is 0 Å². The second kappa shape index (κ2) is 7.87. The number of hydrogen-bond acceptors (Lipinski definition) is 4. The number of rotatable bonds is 5. The Bertz CT molecular complexity index is 1180. The predicted octanol–water partition coefficient (Wildman–Crippen LogP) is 6.23. The SMILES string of the molecule is O=C(O)c1ccc(-c2ccccc2)cc1NSc1c(Cl)nc2ccc(Br)cn12. The van der Waals surface area contributed by atoms with Crippen LogP contribution >= 0.6 is 39.5 Å². The zero-order chi connectivity index (χ0) is 19.7. The molecule has 5 nitrogen and oxygen atoms in total. The molecule has 0 fully saturated rings. The Hall–Kier alpha value is -2.48. The lowest BCUT2D eigenvalue weighted by atomic mass is 10.0. The van der Waals surface area contributed by atoms with E-state index in [1.54, 1.807) is 12.1 Å². The number of halogens is 2. The third-order valence-corrected chi connectivity index (χ3v) is 5.86. The molecule has 2 aromatic carbocycles. The van der Waals surface area contributed by atoms with Gasteiger partial charge in [-0.05, 0) is 51.3 Å². The summed E-state index contributed by atoms with van der Waals surface area (Å²) in [6.45, 7) is 0. The molecule has 4 aromatic rings. The van der Waals surface area contributed by atoms with Crippen molar-refractivity contribution < 1.29 is 9.90 Å². The van der Waals surface area contributed by atoms with Gasteiger partial charge in [0.05, 0.1) is 11.3 Å². The predicted molar refractivity (Wildman–Crippen MR) is 116 cm³/mol. The standard InChI is InChI=1S/C20H13BrClN3O2S/c21-14-7-9-17-23-18(22)19(25(17)11-14)28-24-16-10-13(6-8-15(16)20(26)27)12-4-2-1-3-5-12/h1-11,24H,(H,26,27). The molecule has 4 rings (SSSR count). The molecular formula is C20H13BrClN3O2S. The summed E-state index contributed by atoms with van der Waals surface area (Å²) >= 11 is 10.9. The fourth-order valence-corrected chi connectivity index (χ4v) is 4.17. The van der Waals surface area contributed by atoms with Gasteiger partial charge in [0.25, 0.3) is 0 Å². The number of pyridine rings is 1. The summed E-state index contributed by atoms with van der Waals surface area (Å²) in [5.41, 5.74) is 3.29. The van der Waals surface area contributed by atoms with E-state index in [4.69, 9.17) is 11.6 Å². The summed E-state index contributed by atoms with van der Waals surface area (Å²) in [5, 5.41) is 10.6. The smallest absolute Gasteiger partial charge is 0.337 e. The first kappa shape index (κ1) is 18.9. The maximum Gasteiger partial charge on any atom is 0.337 e. The Balaban J connectivity index is 1.70. The molecule has 0 aliphatic carbocycles. The summed E-state index contributed by atoms with van der Waals surface area (Å²) in [7, 11) is 0. The third-order valence-electron chi connectivity index (χ3n) is 4.11. The highest BCUT2D eigenvalue weighted by Gasteiger charge is 2.15. The molecule has 0 aliphatic heterocycles. The first-order valence-electron chi connectivity index (χ1n) is 8.21. The summed E-state index contributed by atoms with van der Waals surface area (Å²) < 4.78 is 5.86. The lowest BCUT2D eigenvalue weighted by molar-refractivity contribution is 0.0698. The Kier molecular flexibility index (Phi) is 5.30. The normalized spacial score (nSPS) is 10.9. The van der Waals surface area contributed by atoms with Crippen LogP contribution in [0.25, 0.3) is 16.8 Å². The van der Waals surface area contributed by atoms with Gasteiger partial charge >= 0.3 is 5.97 Å². The molecular weight excluding hydrogens is 462 g/mol. The van der Waals surface area contributed by atoms with Gasteiger partial charge in [-0.2, -0.15) is 0 Å².